The second-order valence-electron chi connectivity index (χ2n) is 7.30. The van der Waals surface area contributed by atoms with E-state index in [4.69, 9.17) is 0 Å². The summed E-state index contributed by atoms with van der Waals surface area (Å²) in [7, 11) is -3.18. The van der Waals surface area contributed by atoms with Crippen molar-refractivity contribution < 1.29 is 13.2 Å². The summed E-state index contributed by atoms with van der Waals surface area (Å²) < 4.78 is 25.3. The summed E-state index contributed by atoms with van der Waals surface area (Å²) >= 11 is 0. The van der Waals surface area contributed by atoms with E-state index < -0.39 is 10.0 Å². The SMILES string of the molecule is CC(NC(=O)CN1CCC(NS(C)(=O)=O)CC1)c1cccc2ccccc12. The maximum Gasteiger partial charge on any atom is 0.234 e. The second-order valence-corrected chi connectivity index (χ2v) is 9.08. The minimum atomic E-state index is -3.18. The lowest BCUT2D eigenvalue weighted by atomic mass is 9.99. The number of hydrogen-bond donors (Lipinski definition) is 2. The van der Waals surface area contributed by atoms with Crippen LogP contribution in [0.4, 0.5) is 0 Å². The standard InChI is InChI=1S/C20H27N3O3S/c1-15(18-9-5-7-16-6-3-4-8-19(16)18)21-20(24)14-23-12-10-17(11-13-23)22-27(2,25)26/h3-9,15,17,22H,10-14H2,1-2H3,(H,21,24). The highest BCUT2D eigenvalue weighted by Gasteiger charge is 2.23. The van der Waals surface area contributed by atoms with Crippen molar-refractivity contribution in [3.05, 3.63) is 48.0 Å². The molecule has 0 aromatic heterocycles. The van der Waals surface area contributed by atoms with E-state index in [0.717, 1.165) is 29.2 Å². The van der Waals surface area contributed by atoms with Gasteiger partial charge in [-0.05, 0) is 36.1 Å². The first-order chi connectivity index (χ1) is 12.8. The Morgan fingerprint density at radius 1 is 1.15 bits per heavy atom. The number of nitrogens with zero attached hydrogens (tertiary/aromatic N) is 1. The van der Waals surface area contributed by atoms with Crippen LogP contribution in [-0.2, 0) is 14.8 Å². The first-order valence-electron chi connectivity index (χ1n) is 9.28. The molecule has 6 nitrogen and oxygen atoms in total. The Morgan fingerprint density at radius 3 is 2.52 bits per heavy atom. The minimum absolute atomic E-state index is 0.00930. The molecule has 2 N–H and O–H groups in total. The summed E-state index contributed by atoms with van der Waals surface area (Å²) in [6, 6.07) is 14.2. The summed E-state index contributed by atoms with van der Waals surface area (Å²) in [4.78, 5) is 14.6. The van der Waals surface area contributed by atoms with Gasteiger partial charge >= 0.3 is 0 Å². The molecule has 1 amide bonds. The van der Waals surface area contributed by atoms with Crippen molar-refractivity contribution in [2.45, 2.75) is 31.8 Å². The lowest BCUT2D eigenvalue weighted by Gasteiger charge is -2.31. The first-order valence-corrected chi connectivity index (χ1v) is 11.2. The van der Waals surface area contributed by atoms with Gasteiger partial charge in [0.2, 0.25) is 15.9 Å². The van der Waals surface area contributed by atoms with Gasteiger partial charge in [-0.25, -0.2) is 13.1 Å². The van der Waals surface area contributed by atoms with Gasteiger partial charge < -0.3 is 5.32 Å². The molecule has 1 aliphatic heterocycles. The third-order valence-corrected chi connectivity index (χ3v) is 5.76. The molecule has 0 spiro atoms. The highest BCUT2D eigenvalue weighted by molar-refractivity contribution is 7.88. The highest BCUT2D eigenvalue weighted by Crippen LogP contribution is 2.24. The van der Waals surface area contributed by atoms with Gasteiger partial charge in [0.25, 0.3) is 0 Å². The van der Waals surface area contributed by atoms with E-state index in [9.17, 15) is 13.2 Å². The van der Waals surface area contributed by atoms with Gasteiger partial charge in [-0.15, -0.1) is 0 Å². The van der Waals surface area contributed by atoms with Crippen LogP contribution in [-0.4, -0.2) is 51.2 Å². The van der Waals surface area contributed by atoms with E-state index in [1.165, 1.54) is 6.26 Å². The van der Waals surface area contributed by atoms with Gasteiger partial charge in [-0.2, -0.15) is 0 Å². The Balaban J connectivity index is 1.54. The third kappa shape index (κ3) is 5.51. The molecule has 3 rings (SSSR count). The molecule has 0 bridgehead atoms. The average Bonchev–Trinajstić information content (AvgIpc) is 2.61. The Hall–Kier alpha value is -1.96. The molecule has 1 unspecified atom stereocenters. The van der Waals surface area contributed by atoms with Gasteiger partial charge in [0.05, 0.1) is 18.8 Å². The lowest BCUT2D eigenvalue weighted by molar-refractivity contribution is -0.123. The topological polar surface area (TPSA) is 78.5 Å². The number of piperidine rings is 1. The Kier molecular flexibility index (Phi) is 6.14. The zero-order valence-electron chi connectivity index (χ0n) is 15.8. The molecule has 0 saturated carbocycles. The first kappa shape index (κ1) is 19.8. The number of likely N-dealkylation sites (tertiary alicyclic amines) is 1. The van der Waals surface area contributed by atoms with Gasteiger partial charge in [0, 0.05) is 19.1 Å². The molecule has 27 heavy (non-hydrogen) atoms. The maximum absolute atomic E-state index is 12.5. The Bertz CT molecular complexity index is 900. The summed E-state index contributed by atoms with van der Waals surface area (Å²) in [5.41, 5.74) is 1.11. The molecule has 1 fully saturated rings. The van der Waals surface area contributed by atoms with Crippen LogP contribution in [0.3, 0.4) is 0 Å². The van der Waals surface area contributed by atoms with Crippen LogP contribution in [0.15, 0.2) is 42.5 Å². The van der Waals surface area contributed by atoms with E-state index >= 15 is 0 Å². The number of nitrogens with one attached hydrogen (secondary N) is 2. The van der Waals surface area contributed by atoms with E-state index in [0.29, 0.717) is 19.6 Å². The quantitative estimate of drug-likeness (QED) is 0.792. The van der Waals surface area contributed by atoms with Gasteiger partial charge in [-0.3, -0.25) is 9.69 Å². The molecular formula is C20H27N3O3S. The van der Waals surface area contributed by atoms with Gasteiger partial charge in [0.15, 0.2) is 0 Å². The van der Waals surface area contributed by atoms with Gasteiger partial charge in [0.1, 0.15) is 0 Å². The predicted molar refractivity (Wildman–Crippen MR) is 108 cm³/mol. The largest absolute Gasteiger partial charge is 0.348 e. The number of carbonyl (C=O) groups is 1. The molecule has 2 aromatic carbocycles. The average molecular weight is 390 g/mol. The van der Waals surface area contributed by atoms with Crippen LogP contribution in [0.25, 0.3) is 10.8 Å². The van der Waals surface area contributed by atoms with Crippen molar-refractivity contribution in [3.63, 3.8) is 0 Å². The van der Waals surface area contributed by atoms with Crippen molar-refractivity contribution in [2.24, 2.45) is 0 Å². The summed E-state index contributed by atoms with van der Waals surface area (Å²) in [5.74, 6) is -0.00930. The normalized spacial score (nSPS) is 17.7. The maximum atomic E-state index is 12.5. The van der Waals surface area contributed by atoms with Crippen molar-refractivity contribution in [3.8, 4) is 0 Å². The zero-order chi connectivity index (χ0) is 19.4. The minimum Gasteiger partial charge on any atom is -0.348 e. The predicted octanol–water partition coefficient (Wildman–Crippen LogP) is 2.03. The smallest absolute Gasteiger partial charge is 0.234 e. The molecule has 2 aromatic rings. The Labute approximate surface area is 161 Å². The van der Waals surface area contributed by atoms with Crippen molar-refractivity contribution in [1.29, 1.82) is 0 Å². The molecule has 1 aliphatic rings. The molecule has 0 radical (unpaired) electrons. The number of amides is 1. The van der Waals surface area contributed by atoms with Crippen molar-refractivity contribution >= 4 is 26.7 Å². The molecule has 7 heteroatoms. The Morgan fingerprint density at radius 2 is 1.81 bits per heavy atom. The highest BCUT2D eigenvalue weighted by atomic mass is 32.2. The molecule has 1 saturated heterocycles. The fraction of sp³-hybridized carbons (Fsp3) is 0.450. The second kappa shape index (κ2) is 8.37. The number of sulfonamides is 1. The van der Waals surface area contributed by atoms with Crippen LogP contribution in [0, 0.1) is 0 Å². The van der Waals surface area contributed by atoms with Crippen LogP contribution in [0.1, 0.15) is 31.4 Å². The molecule has 1 heterocycles. The van der Waals surface area contributed by atoms with E-state index in [1.54, 1.807) is 0 Å². The molecule has 146 valence electrons. The van der Waals surface area contributed by atoms with Gasteiger partial charge in [-0.1, -0.05) is 42.5 Å². The zero-order valence-corrected chi connectivity index (χ0v) is 16.6. The monoisotopic (exact) mass is 389 g/mol. The number of benzene rings is 2. The lowest BCUT2D eigenvalue weighted by Crippen LogP contribution is -2.47. The molecule has 1 atom stereocenters. The fourth-order valence-electron chi connectivity index (χ4n) is 3.71. The van der Waals surface area contributed by atoms with Crippen molar-refractivity contribution in [1.82, 2.24) is 14.9 Å². The summed E-state index contributed by atoms with van der Waals surface area (Å²) in [6.07, 6.45) is 2.62. The van der Waals surface area contributed by atoms with E-state index in [1.807, 2.05) is 25.1 Å². The number of carbonyl (C=O) groups excluding carboxylic acids is 1. The molecular weight excluding hydrogens is 362 g/mol. The molecule has 0 aliphatic carbocycles. The van der Waals surface area contributed by atoms with Crippen LogP contribution < -0.4 is 10.0 Å². The summed E-state index contributed by atoms with van der Waals surface area (Å²) in [6.45, 7) is 3.76. The third-order valence-electron chi connectivity index (χ3n) is 5.00. The van der Waals surface area contributed by atoms with E-state index in [-0.39, 0.29) is 18.0 Å². The number of rotatable bonds is 6. The van der Waals surface area contributed by atoms with Crippen molar-refractivity contribution in [2.75, 3.05) is 25.9 Å². The van der Waals surface area contributed by atoms with Crippen LogP contribution in [0.2, 0.25) is 0 Å². The summed E-state index contributed by atoms with van der Waals surface area (Å²) in [5, 5.41) is 5.41. The fourth-order valence-corrected chi connectivity index (χ4v) is 4.55. The number of fused-ring (bicyclic) bond motifs is 1. The van der Waals surface area contributed by atoms with Crippen LogP contribution in [0.5, 0.6) is 0 Å². The van der Waals surface area contributed by atoms with Crippen LogP contribution >= 0.6 is 0 Å². The number of hydrogen-bond acceptors (Lipinski definition) is 4. The van der Waals surface area contributed by atoms with E-state index in [2.05, 4.69) is 39.2 Å².